The van der Waals surface area contributed by atoms with E-state index in [4.69, 9.17) is 28.9 Å². The molecule has 4 atom stereocenters. The van der Waals surface area contributed by atoms with Gasteiger partial charge in [0.05, 0.1) is 19.0 Å². The van der Waals surface area contributed by atoms with E-state index in [1.807, 2.05) is 60.7 Å². The molecule has 1 saturated carbocycles. The maximum atomic E-state index is 12.6. The van der Waals surface area contributed by atoms with Crippen LogP contribution in [0.5, 0.6) is 5.88 Å². The number of nitrogens with zero attached hydrogens (tertiary/aromatic N) is 4. The predicted octanol–water partition coefficient (Wildman–Crippen LogP) is 6.45. The summed E-state index contributed by atoms with van der Waals surface area (Å²) in [4.78, 5) is 26.6. The second kappa shape index (κ2) is 11.0. The Labute approximate surface area is 245 Å². The van der Waals surface area contributed by atoms with Crippen LogP contribution in [0.4, 0.5) is 10.7 Å². The van der Waals surface area contributed by atoms with Crippen molar-refractivity contribution in [3.8, 4) is 5.88 Å². The molecule has 2 aliphatic rings. The fourth-order valence-electron chi connectivity index (χ4n) is 5.93. The summed E-state index contributed by atoms with van der Waals surface area (Å²) in [5, 5.41) is 2.68. The van der Waals surface area contributed by atoms with Gasteiger partial charge < -0.3 is 23.5 Å². The molecule has 2 aromatic carbocycles. The Morgan fingerprint density at radius 1 is 1.07 bits per heavy atom. The van der Waals surface area contributed by atoms with Gasteiger partial charge in [0.15, 0.2) is 17.5 Å². The third-order valence-electron chi connectivity index (χ3n) is 8.07. The van der Waals surface area contributed by atoms with E-state index in [2.05, 4.69) is 28.7 Å². The van der Waals surface area contributed by atoms with Gasteiger partial charge in [-0.3, -0.25) is 5.32 Å². The highest BCUT2D eigenvalue weighted by molar-refractivity contribution is 5.85. The van der Waals surface area contributed by atoms with Gasteiger partial charge in [0.1, 0.15) is 12.2 Å². The van der Waals surface area contributed by atoms with Crippen molar-refractivity contribution < 1.29 is 23.7 Å². The van der Waals surface area contributed by atoms with E-state index in [9.17, 15) is 4.79 Å². The number of rotatable bonds is 6. The summed E-state index contributed by atoms with van der Waals surface area (Å²) in [7, 11) is 0. The zero-order valence-electron chi connectivity index (χ0n) is 24.6. The molecule has 0 radical (unpaired) electrons. The molecule has 4 aromatic rings. The van der Waals surface area contributed by atoms with Crippen LogP contribution in [-0.4, -0.2) is 43.9 Å². The first-order chi connectivity index (χ1) is 20.1. The molecule has 1 amide bonds. The third-order valence-corrected chi connectivity index (χ3v) is 8.07. The third kappa shape index (κ3) is 5.69. The quantitative estimate of drug-likeness (QED) is 0.281. The number of carbonyl (C=O) groups is 1. The summed E-state index contributed by atoms with van der Waals surface area (Å²) in [6.07, 6.45) is 1.50. The molecular formula is C32H37N5O5. The summed E-state index contributed by atoms with van der Waals surface area (Å²) in [5.41, 5.74) is 2.20. The van der Waals surface area contributed by atoms with Crippen molar-refractivity contribution in [3.05, 3.63) is 78.1 Å². The number of ether oxygens (including phenoxy) is 4. The van der Waals surface area contributed by atoms with E-state index in [1.54, 1.807) is 27.1 Å². The first-order valence-electron chi connectivity index (χ1n) is 14.3. The van der Waals surface area contributed by atoms with E-state index in [0.717, 1.165) is 17.5 Å². The van der Waals surface area contributed by atoms with Gasteiger partial charge in [0, 0.05) is 17.5 Å². The van der Waals surface area contributed by atoms with Gasteiger partial charge >= 0.3 is 6.09 Å². The average Bonchev–Trinajstić information content (AvgIpc) is 3.49. The van der Waals surface area contributed by atoms with Gasteiger partial charge in [-0.05, 0) is 38.2 Å². The van der Waals surface area contributed by atoms with Crippen molar-refractivity contribution in [2.24, 2.45) is 11.3 Å². The van der Waals surface area contributed by atoms with E-state index in [0.29, 0.717) is 17.8 Å². The Bertz CT molecular complexity index is 1550. The van der Waals surface area contributed by atoms with Crippen molar-refractivity contribution in [1.29, 1.82) is 0 Å². The molecule has 1 saturated heterocycles. The average molecular weight is 572 g/mol. The molecule has 0 spiro atoms. The number of nitrogens with one attached hydrogen (secondary N) is 1. The summed E-state index contributed by atoms with van der Waals surface area (Å²) in [6, 6.07) is 19.8. The molecule has 1 N–H and O–H groups in total. The second-order valence-electron chi connectivity index (χ2n) is 12.5. The van der Waals surface area contributed by atoms with E-state index in [1.165, 1.54) is 0 Å². The maximum Gasteiger partial charge on any atom is 0.414 e. The fourth-order valence-corrected chi connectivity index (χ4v) is 5.93. The molecule has 10 nitrogen and oxygen atoms in total. The minimum absolute atomic E-state index is 0.00173. The van der Waals surface area contributed by atoms with Gasteiger partial charge in [0.2, 0.25) is 11.8 Å². The van der Waals surface area contributed by atoms with Crippen LogP contribution in [0.1, 0.15) is 64.5 Å². The number of carbonyl (C=O) groups excluding carboxylic acids is 1. The second-order valence-corrected chi connectivity index (χ2v) is 12.5. The van der Waals surface area contributed by atoms with Crippen LogP contribution in [-0.2, 0) is 20.8 Å². The topological polar surface area (TPSA) is 110 Å². The van der Waals surface area contributed by atoms with Crippen LogP contribution in [0.3, 0.4) is 0 Å². The lowest BCUT2D eigenvalue weighted by Crippen LogP contribution is -2.39. The van der Waals surface area contributed by atoms with Crippen molar-refractivity contribution in [1.82, 2.24) is 19.5 Å². The van der Waals surface area contributed by atoms with Crippen molar-refractivity contribution in [3.63, 3.8) is 0 Å². The molecule has 1 aliphatic carbocycles. The summed E-state index contributed by atoms with van der Waals surface area (Å²) in [6.45, 7) is 10.7. The molecule has 6 rings (SSSR count). The Balaban J connectivity index is 1.32. The van der Waals surface area contributed by atoms with Crippen LogP contribution >= 0.6 is 0 Å². The molecule has 0 bridgehead atoms. The largest absolute Gasteiger partial charge is 0.471 e. The van der Waals surface area contributed by atoms with Gasteiger partial charge in [-0.15, -0.1) is 0 Å². The van der Waals surface area contributed by atoms with E-state index in [-0.39, 0.29) is 41.9 Å². The van der Waals surface area contributed by atoms with Crippen molar-refractivity contribution in [2.75, 3.05) is 11.9 Å². The first-order valence-corrected chi connectivity index (χ1v) is 14.3. The molecule has 10 heteroatoms. The number of hydrogen-bond acceptors (Lipinski definition) is 8. The van der Waals surface area contributed by atoms with Crippen LogP contribution in [0.25, 0.3) is 11.2 Å². The SMILES string of the molecule is CC(C)(C)OC(=O)Nc1nc(OCc2ccccc2)c2ncn([C@H]3C[C@@H]4OC(c5ccccc5)OC[C@H]4C3(C)C)c2n1. The number of benzene rings is 2. The van der Waals surface area contributed by atoms with Crippen LogP contribution in [0.15, 0.2) is 67.0 Å². The standard InChI is InChI=1S/C32H37N5O5/c1-31(2,3)42-30(38)36-29-34-26-25(27(35-29)39-17-20-12-8-6-9-13-20)33-19-37(26)24-16-23-22(32(24,4)5)18-40-28(41-23)21-14-10-7-11-15-21/h6-15,19,22-24,28H,16-18H2,1-5H3,(H,34,35,36,38)/t22-,23+,24+,28?/m1/s1. The van der Waals surface area contributed by atoms with Crippen LogP contribution < -0.4 is 10.1 Å². The molecule has 2 fully saturated rings. The van der Waals surface area contributed by atoms with Crippen LogP contribution in [0, 0.1) is 11.3 Å². The number of anilines is 1. The van der Waals surface area contributed by atoms with Crippen LogP contribution in [0.2, 0.25) is 0 Å². The Morgan fingerprint density at radius 3 is 2.50 bits per heavy atom. The van der Waals surface area contributed by atoms with Gasteiger partial charge in [-0.25, -0.2) is 9.78 Å². The monoisotopic (exact) mass is 571 g/mol. The Morgan fingerprint density at radius 2 is 1.79 bits per heavy atom. The highest BCUT2D eigenvalue weighted by atomic mass is 16.7. The zero-order valence-corrected chi connectivity index (χ0v) is 24.6. The number of aromatic nitrogens is 4. The Hall–Kier alpha value is -4.02. The van der Waals surface area contributed by atoms with Crippen molar-refractivity contribution in [2.45, 2.75) is 71.7 Å². The lowest BCUT2D eigenvalue weighted by Gasteiger charge is -2.39. The molecule has 1 unspecified atom stereocenters. The molecule has 42 heavy (non-hydrogen) atoms. The molecular weight excluding hydrogens is 534 g/mol. The smallest absolute Gasteiger partial charge is 0.414 e. The highest BCUT2D eigenvalue weighted by Gasteiger charge is 2.53. The van der Waals surface area contributed by atoms with Gasteiger partial charge in [0.25, 0.3) is 0 Å². The number of fused-ring (bicyclic) bond motifs is 2. The molecule has 220 valence electrons. The molecule has 3 heterocycles. The number of hydrogen-bond donors (Lipinski definition) is 1. The lowest BCUT2D eigenvalue weighted by atomic mass is 9.78. The normalized spacial score (nSPS) is 23.4. The van der Waals surface area contributed by atoms with Gasteiger partial charge in [-0.1, -0.05) is 74.5 Å². The first kappa shape index (κ1) is 28.1. The molecule has 2 aromatic heterocycles. The minimum atomic E-state index is -0.674. The van der Waals surface area contributed by atoms with Gasteiger partial charge in [-0.2, -0.15) is 9.97 Å². The summed E-state index contributed by atoms with van der Waals surface area (Å²) < 4.78 is 26.4. The Kier molecular flexibility index (Phi) is 7.36. The lowest BCUT2D eigenvalue weighted by molar-refractivity contribution is -0.243. The summed E-state index contributed by atoms with van der Waals surface area (Å²) in [5.74, 6) is 0.541. The predicted molar refractivity (Wildman–Crippen MR) is 157 cm³/mol. The summed E-state index contributed by atoms with van der Waals surface area (Å²) >= 11 is 0. The number of amides is 1. The van der Waals surface area contributed by atoms with E-state index < -0.39 is 18.0 Å². The maximum absolute atomic E-state index is 12.6. The van der Waals surface area contributed by atoms with E-state index >= 15 is 0 Å². The highest BCUT2D eigenvalue weighted by Crippen LogP contribution is 2.55. The fraction of sp³-hybridized carbons (Fsp3) is 0.438. The number of imidazole rings is 1. The minimum Gasteiger partial charge on any atom is -0.471 e. The molecule has 1 aliphatic heterocycles. The van der Waals surface area contributed by atoms with Crippen molar-refractivity contribution >= 4 is 23.2 Å². The zero-order chi connectivity index (χ0) is 29.5.